The molecule has 0 saturated carbocycles. The van der Waals surface area contributed by atoms with Gasteiger partial charge in [-0.15, -0.1) is 0 Å². The fourth-order valence-electron chi connectivity index (χ4n) is 0.383. The van der Waals surface area contributed by atoms with Crippen LogP contribution in [0.15, 0.2) is 5.10 Å². The molecule has 0 aromatic rings. The predicted octanol–water partition coefficient (Wildman–Crippen LogP) is 0.523. The van der Waals surface area contributed by atoms with E-state index in [-0.39, 0.29) is 0 Å². The molecule has 0 saturated heterocycles. The normalized spacial score (nSPS) is 19.8. The van der Waals surface area contributed by atoms with Crippen molar-refractivity contribution in [2.45, 2.75) is 6.42 Å². The Kier molecular flexibility index (Phi) is 1.01. The van der Waals surface area contributed by atoms with Gasteiger partial charge in [0.15, 0.2) is 0 Å². The first kappa shape index (κ1) is 3.99. The van der Waals surface area contributed by atoms with Crippen LogP contribution in [-0.2, 0) is 0 Å². The molecule has 0 N–H and O–H groups in total. The molecule has 0 bridgehead atoms. The minimum Gasteiger partial charge on any atom is -0.242 e. The summed E-state index contributed by atoms with van der Waals surface area (Å²) in [6, 6.07) is 0. The summed E-state index contributed by atoms with van der Waals surface area (Å²) in [7, 11) is 0. The van der Waals surface area contributed by atoms with E-state index in [1.165, 1.54) is 0 Å². The van der Waals surface area contributed by atoms with Gasteiger partial charge in [0.05, 0.1) is 6.54 Å². The summed E-state index contributed by atoms with van der Waals surface area (Å²) in [5.74, 6) is 0. The first-order valence-electron chi connectivity index (χ1n) is 1.88. The second-order valence-electron chi connectivity index (χ2n) is 1.18. The Bertz CT molecular complexity index is 71.2. The number of hydrogen-bond donors (Lipinski definition) is 1. The molecule has 2 nitrogen and oxygen atoms in total. The molecule has 0 unspecified atom stereocenters. The summed E-state index contributed by atoms with van der Waals surface area (Å²) >= 11 is 3.93. The Hall–Kier alpha value is -0.180. The Morgan fingerprint density at radius 3 is 2.83 bits per heavy atom. The van der Waals surface area contributed by atoms with Crippen LogP contribution in [0, 0.1) is 0 Å². The minimum absolute atomic E-state index is 0.961. The summed E-state index contributed by atoms with van der Waals surface area (Å²) in [5, 5.41) is 3.81. The van der Waals surface area contributed by atoms with Crippen LogP contribution in [0.4, 0.5) is 0 Å². The van der Waals surface area contributed by atoms with Crippen LogP contribution >= 0.6 is 12.8 Å². The summed E-state index contributed by atoms with van der Waals surface area (Å²) in [6.07, 6.45) is 2.90. The van der Waals surface area contributed by atoms with Crippen molar-refractivity contribution in [3.8, 4) is 0 Å². The van der Waals surface area contributed by atoms with Gasteiger partial charge in [-0.05, 0) is 12.8 Å². The molecule has 0 aromatic carbocycles. The number of hydrazone groups is 1. The van der Waals surface area contributed by atoms with Crippen molar-refractivity contribution in [2.75, 3.05) is 6.54 Å². The van der Waals surface area contributed by atoms with Gasteiger partial charge in [-0.25, -0.2) is 4.41 Å². The summed E-state index contributed by atoms with van der Waals surface area (Å²) < 4.78 is 1.62. The van der Waals surface area contributed by atoms with E-state index in [4.69, 9.17) is 0 Å². The minimum atomic E-state index is 0.961. The molecular formula is C3H6N2S. The lowest BCUT2D eigenvalue weighted by Crippen LogP contribution is -1.96. The average Bonchev–Trinajstić information content (AvgIpc) is 1.86. The van der Waals surface area contributed by atoms with Crippen molar-refractivity contribution in [3.63, 3.8) is 0 Å². The second-order valence-corrected chi connectivity index (χ2v) is 1.64. The van der Waals surface area contributed by atoms with Crippen molar-refractivity contribution < 1.29 is 0 Å². The van der Waals surface area contributed by atoms with Gasteiger partial charge in [0, 0.05) is 12.6 Å². The predicted molar refractivity (Wildman–Crippen MR) is 28.8 cm³/mol. The van der Waals surface area contributed by atoms with Crippen LogP contribution in [-0.4, -0.2) is 17.2 Å². The number of nitrogens with zero attached hydrogens (tertiary/aromatic N) is 2. The van der Waals surface area contributed by atoms with Gasteiger partial charge in [0.1, 0.15) is 0 Å². The second kappa shape index (κ2) is 1.51. The number of hydrogen-bond acceptors (Lipinski definition) is 3. The lowest BCUT2D eigenvalue weighted by Gasteiger charge is -1.98. The van der Waals surface area contributed by atoms with E-state index < -0.39 is 0 Å². The van der Waals surface area contributed by atoms with Crippen molar-refractivity contribution >= 4 is 19.0 Å². The van der Waals surface area contributed by atoms with Gasteiger partial charge in [0.25, 0.3) is 0 Å². The van der Waals surface area contributed by atoms with E-state index in [1.807, 2.05) is 6.21 Å². The third kappa shape index (κ3) is 0.653. The Morgan fingerprint density at radius 1 is 1.83 bits per heavy atom. The zero-order chi connectivity index (χ0) is 4.41. The zero-order valence-electron chi connectivity index (χ0n) is 3.33. The largest absolute Gasteiger partial charge is 0.242 e. The topological polar surface area (TPSA) is 15.6 Å². The smallest absolute Gasteiger partial charge is 0.0529 e. The highest BCUT2D eigenvalue weighted by atomic mass is 32.1. The van der Waals surface area contributed by atoms with Crippen LogP contribution in [0.5, 0.6) is 0 Å². The standard InChI is InChI=1S/C3H6N2S/c6-5-3-1-2-4-5/h2,6H,1,3H2. The van der Waals surface area contributed by atoms with E-state index in [0.29, 0.717) is 0 Å². The van der Waals surface area contributed by atoms with Gasteiger partial charge in [-0.2, -0.15) is 5.10 Å². The van der Waals surface area contributed by atoms with Crippen LogP contribution in [0.2, 0.25) is 0 Å². The molecule has 0 amide bonds. The first-order chi connectivity index (χ1) is 2.89. The molecule has 0 fully saturated rings. The number of thiol groups is 1. The molecule has 34 valence electrons. The summed E-state index contributed by atoms with van der Waals surface area (Å²) in [6.45, 7) is 0.961. The maximum Gasteiger partial charge on any atom is 0.0529 e. The van der Waals surface area contributed by atoms with E-state index in [0.717, 1.165) is 13.0 Å². The number of rotatable bonds is 0. The monoisotopic (exact) mass is 102 g/mol. The molecule has 1 aliphatic rings. The van der Waals surface area contributed by atoms with Crippen LogP contribution < -0.4 is 0 Å². The Balaban J connectivity index is 2.38. The maximum absolute atomic E-state index is 3.93. The highest BCUT2D eigenvalue weighted by Crippen LogP contribution is 1.99. The van der Waals surface area contributed by atoms with Crippen molar-refractivity contribution in [3.05, 3.63) is 0 Å². The molecular weight excluding hydrogens is 96.1 g/mol. The van der Waals surface area contributed by atoms with Gasteiger partial charge >= 0.3 is 0 Å². The molecule has 1 rings (SSSR count). The van der Waals surface area contributed by atoms with E-state index in [1.54, 1.807) is 4.41 Å². The lowest BCUT2D eigenvalue weighted by molar-refractivity contribution is 0.563. The third-order valence-corrected chi connectivity index (χ3v) is 0.976. The third-order valence-electron chi connectivity index (χ3n) is 0.673. The lowest BCUT2D eigenvalue weighted by atomic mass is 10.5. The SMILES string of the molecule is SN1CCC=N1. The highest BCUT2D eigenvalue weighted by Gasteiger charge is 1.95. The fraction of sp³-hybridized carbons (Fsp3) is 0.667. The van der Waals surface area contributed by atoms with Crippen molar-refractivity contribution in [1.82, 2.24) is 4.41 Å². The summed E-state index contributed by atoms with van der Waals surface area (Å²) in [5.41, 5.74) is 0. The van der Waals surface area contributed by atoms with Gasteiger partial charge in [-0.1, -0.05) is 0 Å². The van der Waals surface area contributed by atoms with Crippen LogP contribution in [0.1, 0.15) is 6.42 Å². The molecule has 1 aliphatic heterocycles. The summed E-state index contributed by atoms with van der Waals surface area (Å²) in [4.78, 5) is 0. The van der Waals surface area contributed by atoms with Gasteiger partial charge in [-0.3, -0.25) is 0 Å². The Morgan fingerprint density at radius 2 is 2.67 bits per heavy atom. The van der Waals surface area contributed by atoms with Gasteiger partial charge < -0.3 is 0 Å². The molecule has 0 aliphatic carbocycles. The van der Waals surface area contributed by atoms with Crippen molar-refractivity contribution in [2.24, 2.45) is 5.10 Å². The average molecular weight is 102 g/mol. The quantitative estimate of drug-likeness (QED) is 0.441. The molecule has 0 spiro atoms. The Labute approximate surface area is 42.4 Å². The van der Waals surface area contributed by atoms with E-state index >= 15 is 0 Å². The molecule has 0 radical (unpaired) electrons. The molecule has 0 atom stereocenters. The van der Waals surface area contributed by atoms with Crippen LogP contribution in [0.3, 0.4) is 0 Å². The van der Waals surface area contributed by atoms with E-state index in [9.17, 15) is 0 Å². The highest BCUT2D eigenvalue weighted by molar-refractivity contribution is 7.77. The van der Waals surface area contributed by atoms with Gasteiger partial charge in [0.2, 0.25) is 0 Å². The maximum atomic E-state index is 3.93. The molecule has 0 aromatic heterocycles. The molecule has 1 heterocycles. The molecule has 6 heavy (non-hydrogen) atoms. The van der Waals surface area contributed by atoms with Crippen molar-refractivity contribution in [1.29, 1.82) is 0 Å². The molecule has 3 heteroatoms. The zero-order valence-corrected chi connectivity index (χ0v) is 4.23. The van der Waals surface area contributed by atoms with Crippen LogP contribution in [0.25, 0.3) is 0 Å². The van der Waals surface area contributed by atoms with E-state index in [2.05, 4.69) is 17.9 Å². The fourth-order valence-corrected chi connectivity index (χ4v) is 0.571. The first-order valence-corrected chi connectivity index (χ1v) is 2.28.